The number of aromatic amines is 1. The van der Waals surface area contributed by atoms with Crippen LogP contribution in [-0.4, -0.2) is 33.5 Å². The smallest absolute Gasteiger partial charge is 0.331 e. The topological polar surface area (TPSA) is 119 Å². The summed E-state index contributed by atoms with van der Waals surface area (Å²) in [5.41, 5.74) is 1.83. The standard InChI is InChI=1S/C20H20N2O6/c1-11-18(13(3)23)12(2)21-19(11)20(25)14(4)28-17(24)10-9-15-7-5-6-8-16(15)22(26)27/h5-10,14,21H,1-4H3/b10-9+/t14-/m0/s1. The number of nitrogens with zero attached hydrogens (tertiary/aromatic N) is 1. The van der Waals surface area contributed by atoms with Gasteiger partial charge in [0.1, 0.15) is 0 Å². The second-order valence-corrected chi connectivity index (χ2v) is 6.27. The fraction of sp³-hybridized carbons (Fsp3) is 0.250. The van der Waals surface area contributed by atoms with E-state index in [1.54, 1.807) is 19.9 Å². The number of carbonyl (C=O) groups is 3. The number of nitro benzene ring substituents is 1. The number of rotatable bonds is 7. The maximum Gasteiger partial charge on any atom is 0.331 e. The van der Waals surface area contributed by atoms with E-state index in [1.807, 2.05) is 0 Å². The van der Waals surface area contributed by atoms with Crippen molar-refractivity contribution >= 4 is 29.3 Å². The number of hydrogen-bond donors (Lipinski definition) is 1. The van der Waals surface area contributed by atoms with E-state index >= 15 is 0 Å². The van der Waals surface area contributed by atoms with Crippen LogP contribution in [0.15, 0.2) is 30.3 Å². The quantitative estimate of drug-likeness (QED) is 0.256. The highest BCUT2D eigenvalue weighted by molar-refractivity contribution is 6.05. The molecule has 1 aromatic heterocycles. The lowest BCUT2D eigenvalue weighted by Crippen LogP contribution is -2.24. The van der Waals surface area contributed by atoms with Crippen LogP contribution < -0.4 is 0 Å². The van der Waals surface area contributed by atoms with Crippen LogP contribution in [0, 0.1) is 24.0 Å². The summed E-state index contributed by atoms with van der Waals surface area (Å²) in [6.07, 6.45) is 1.19. The van der Waals surface area contributed by atoms with Crippen LogP contribution in [0.1, 0.15) is 51.5 Å². The minimum Gasteiger partial charge on any atom is -0.451 e. The predicted molar refractivity (Wildman–Crippen MR) is 102 cm³/mol. The second-order valence-electron chi connectivity index (χ2n) is 6.27. The number of nitrogens with one attached hydrogen (secondary N) is 1. The largest absolute Gasteiger partial charge is 0.451 e. The summed E-state index contributed by atoms with van der Waals surface area (Å²) >= 11 is 0. The Morgan fingerprint density at radius 2 is 1.86 bits per heavy atom. The van der Waals surface area contributed by atoms with Gasteiger partial charge in [0.05, 0.1) is 16.2 Å². The van der Waals surface area contributed by atoms with Gasteiger partial charge in [-0.05, 0) is 45.4 Å². The van der Waals surface area contributed by atoms with Crippen molar-refractivity contribution in [3.63, 3.8) is 0 Å². The van der Waals surface area contributed by atoms with E-state index in [-0.39, 0.29) is 22.7 Å². The van der Waals surface area contributed by atoms with E-state index in [0.717, 1.165) is 6.08 Å². The zero-order chi connectivity index (χ0) is 21.0. The molecular formula is C20H20N2O6. The van der Waals surface area contributed by atoms with Gasteiger partial charge in [-0.2, -0.15) is 0 Å². The number of nitro groups is 1. The van der Waals surface area contributed by atoms with Crippen molar-refractivity contribution in [2.24, 2.45) is 0 Å². The lowest BCUT2D eigenvalue weighted by molar-refractivity contribution is -0.385. The molecule has 0 aliphatic rings. The SMILES string of the molecule is CC(=O)c1c(C)[nH]c(C(=O)[C@H](C)OC(=O)/C=C/c2ccccc2[N+](=O)[O-])c1C. The van der Waals surface area contributed by atoms with Gasteiger partial charge in [-0.3, -0.25) is 19.7 Å². The first-order chi connectivity index (χ1) is 13.1. The summed E-state index contributed by atoms with van der Waals surface area (Å²) in [4.78, 5) is 49.6. The normalized spacial score (nSPS) is 12.0. The molecule has 146 valence electrons. The molecule has 0 radical (unpaired) electrons. The first kappa shape index (κ1) is 20.8. The molecule has 0 bridgehead atoms. The molecule has 0 unspecified atom stereocenters. The summed E-state index contributed by atoms with van der Waals surface area (Å²) in [5, 5.41) is 11.0. The molecule has 28 heavy (non-hydrogen) atoms. The van der Waals surface area contributed by atoms with Crippen LogP contribution in [0.5, 0.6) is 0 Å². The summed E-state index contributed by atoms with van der Waals surface area (Å²) in [7, 11) is 0. The highest BCUT2D eigenvalue weighted by Gasteiger charge is 2.25. The molecule has 8 heteroatoms. The Morgan fingerprint density at radius 1 is 1.21 bits per heavy atom. The van der Waals surface area contributed by atoms with Gasteiger partial charge in [0.25, 0.3) is 5.69 Å². The number of aromatic nitrogens is 1. The lowest BCUT2D eigenvalue weighted by atomic mass is 10.0. The van der Waals surface area contributed by atoms with Crippen molar-refractivity contribution in [2.75, 3.05) is 0 Å². The van der Waals surface area contributed by atoms with Crippen molar-refractivity contribution in [1.82, 2.24) is 4.98 Å². The molecule has 8 nitrogen and oxygen atoms in total. The first-order valence-corrected chi connectivity index (χ1v) is 8.50. The number of benzene rings is 1. The Kier molecular flexibility index (Phi) is 6.25. The number of carbonyl (C=O) groups excluding carboxylic acids is 3. The van der Waals surface area contributed by atoms with Crippen LogP contribution in [-0.2, 0) is 9.53 Å². The molecule has 0 spiro atoms. The van der Waals surface area contributed by atoms with Crippen molar-refractivity contribution in [1.29, 1.82) is 0 Å². The molecule has 0 saturated heterocycles. The van der Waals surface area contributed by atoms with Gasteiger partial charge in [0.15, 0.2) is 11.9 Å². The van der Waals surface area contributed by atoms with E-state index < -0.39 is 22.8 Å². The fourth-order valence-corrected chi connectivity index (χ4v) is 2.95. The average molecular weight is 384 g/mol. The maximum absolute atomic E-state index is 12.6. The van der Waals surface area contributed by atoms with Gasteiger partial charge < -0.3 is 9.72 Å². The number of esters is 1. The van der Waals surface area contributed by atoms with Crippen molar-refractivity contribution in [3.8, 4) is 0 Å². The van der Waals surface area contributed by atoms with Gasteiger partial charge in [-0.1, -0.05) is 12.1 Å². The molecule has 1 atom stereocenters. The third-order valence-corrected chi connectivity index (χ3v) is 4.23. The molecular weight excluding hydrogens is 364 g/mol. The minimum absolute atomic E-state index is 0.148. The first-order valence-electron chi connectivity index (χ1n) is 8.50. The highest BCUT2D eigenvalue weighted by Crippen LogP contribution is 2.21. The molecule has 0 fully saturated rings. The number of aryl methyl sites for hydroxylation is 1. The molecule has 1 heterocycles. The van der Waals surface area contributed by atoms with E-state index in [0.29, 0.717) is 16.8 Å². The molecule has 0 amide bonds. The molecule has 1 N–H and O–H groups in total. The summed E-state index contributed by atoms with van der Waals surface area (Å²) < 4.78 is 5.10. The number of ether oxygens (including phenoxy) is 1. The summed E-state index contributed by atoms with van der Waals surface area (Å²) in [6, 6.07) is 5.93. The monoisotopic (exact) mass is 384 g/mol. The van der Waals surface area contributed by atoms with E-state index in [4.69, 9.17) is 4.74 Å². The van der Waals surface area contributed by atoms with Crippen molar-refractivity contribution in [3.05, 3.63) is 68.5 Å². The third-order valence-electron chi connectivity index (χ3n) is 4.23. The minimum atomic E-state index is -1.10. The van der Waals surface area contributed by atoms with E-state index in [1.165, 1.54) is 38.1 Å². The van der Waals surface area contributed by atoms with Gasteiger partial charge in [-0.25, -0.2) is 4.79 Å². The van der Waals surface area contributed by atoms with Crippen LogP contribution in [0.25, 0.3) is 6.08 Å². The lowest BCUT2D eigenvalue weighted by Gasteiger charge is -2.10. The fourth-order valence-electron chi connectivity index (χ4n) is 2.95. The summed E-state index contributed by atoms with van der Waals surface area (Å²) in [6.45, 7) is 6.17. The Balaban J connectivity index is 2.13. The number of para-hydroxylation sites is 1. The Morgan fingerprint density at radius 3 is 2.43 bits per heavy atom. The van der Waals surface area contributed by atoms with Gasteiger partial charge in [-0.15, -0.1) is 0 Å². The van der Waals surface area contributed by atoms with Crippen LogP contribution in [0.4, 0.5) is 5.69 Å². The molecule has 1 aromatic carbocycles. The summed E-state index contributed by atoms with van der Waals surface area (Å²) in [5.74, 6) is -1.45. The third kappa shape index (κ3) is 4.40. The van der Waals surface area contributed by atoms with Crippen molar-refractivity contribution < 1.29 is 24.0 Å². The number of ketones is 2. The van der Waals surface area contributed by atoms with Gasteiger partial charge >= 0.3 is 5.97 Å². The van der Waals surface area contributed by atoms with Crippen LogP contribution in [0.2, 0.25) is 0 Å². The maximum atomic E-state index is 12.6. The number of H-pyrrole nitrogens is 1. The second kappa shape index (κ2) is 8.43. The molecule has 0 saturated carbocycles. The molecule has 0 aliphatic heterocycles. The highest BCUT2D eigenvalue weighted by atomic mass is 16.6. The Bertz CT molecular complexity index is 987. The Hall–Kier alpha value is -3.55. The predicted octanol–water partition coefficient (Wildman–Crippen LogP) is 3.57. The average Bonchev–Trinajstić information content (AvgIpc) is 2.93. The number of Topliss-reactive ketones (excluding diaryl/α,β-unsaturated/α-hetero) is 2. The van der Waals surface area contributed by atoms with Crippen LogP contribution in [0.3, 0.4) is 0 Å². The zero-order valence-electron chi connectivity index (χ0n) is 15.9. The van der Waals surface area contributed by atoms with Gasteiger partial charge in [0, 0.05) is 23.4 Å². The Labute approximate surface area is 161 Å². The van der Waals surface area contributed by atoms with E-state index in [9.17, 15) is 24.5 Å². The number of hydrogen-bond acceptors (Lipinski definition) is 6. The van der Waals surface area contributed by atoms with Crippen molar-refractivity contribution in [2.45, 2.75) is 33.8 Å². The van der Waals surface area contributed by atoms with Crippen LogP contribution >= 0.6 is 0 Å². The zero-order valence-corrected chi connectivity index (χ0v) is 15.9. The van der Waals surface area contributed by atoms with E-state index in [2.05, 4.69) is 4.98 Å². The molecule has 2 rings (SSSR count). The molecule has 0 aliphatic carbocycles. The molecule has 2 aromatic rings. The van der Waals surface area contributed by atoms with Gasteiger partial charge in [0.2, 0.25) is 5.78 Å².